The maximum Gasteiger partial charge on any atom is 0.416 e. The monoisotopic (exact) mass is 637 g/mol. The maximum absolute atomic E-state index is 13.3. The zero-order valence-corrected chi connectivity index (χ0v) is 25.4. The molecule has 0 radical (unpaired) electrons. The van der Waals surface area contributed by atoms with Gasteiger partial charge in [-0.2, -0.15) is 13.2 Å². The van der Waals surface area contributed by atoms with Gasteiger partial charge in [0.15, 0.2) is 5.76 Å². The molecule has 2 amide bonds. The Labute approximate surface area is 262 Å². The van der Waals surface area contributed by atoms with Crippen LogP contribution in [0.15, 0.2) is 77.2 Å². The van der Waals surface area contributed by atoms with Gasteiger partial charge in [0.2, 0.25) is 0 Å². The van der Waals surface area contributed by atoms with Gasteiger partial charge < -0.3 is 24.8 Å². The van der Waals surface area contributed by atoms with E-state index in [1.54, 1.807) is 0 Å². The van der Waals surface area contributed by atoms with Crippen LogP contribution in [0.1, 0.15) is 61.0 Å². The van der Waals surface area contributed by atoms with Crippen LogP contribution < -0.4 is 15.4 Å². The molecule has 0 saturated carbocycles. The van der Waals surface area contributed by atoms with E-state index >= 15 is 0 Å². The van der Waals surface area contributed by atoms with E-state index in [9.17, 15) is 22.8 Å². The summed E-state index contributed by atoms with van der Waals surface area (Å²) in [6, 6.07) is 19.4. The highest BCUT2D eigenvalue weighted by atomic mass is 35.5. The first-order valence-corrected chi connectivity index (χ1v) is 14.7. The summed E-state index contributed by atoms with van der Waals surface area (Å²) in [4.78, 5) is 29.1. The molecule has 0 atom stereocenters. The third-order valence-electron chi connectivity index (χ3n) is 7.36. The number of hydrogen-bond donors (Lipinski definition) is 3. The molecule has 11 heteroatoms. The fourth-order valence-corrected chi connectivity index (χ4v) is 5.26. The number of benzene rings is 3. The number of H-pyrrole nitrogens is 1. The Hall–Kier alpha value is -4.70. The second kappa shape index (κ2) is 13.5. The molecule has 0 saturated heterocycles. The van der Waals surface area contributed by atoms with Crippen LogP contribution in [-0.2, 0) is 25.7 Å². The summed E-state index contributed by atoms with van der Waals surface area (Å²) in [6.07, 6.45) is -3.29. The molecule has 2 heterocycles. The van der Waals surface area contributed by atoms with Gasteiger partial charge in [0.1, 0.15) is 17.2 Å². The number of carbonyl (C=O) groups is 2. The summed E-state index contributed by atoms with van der Waals surface area (Å²) in [7, 11) is 0. The Morgan fingerprint density at radius 2 is 1.60 bits per heavy atom. The molecule has 5 aromatic rings. The Balaban J connectivity index is 1.19. The Morgan fingerprint density at radius 3 is 2.36 bits per heavy atom. The molecule has 0 aliphatic heterocycles. The normalized spacial score (nSPS) is 11.5. The Kier molecular flexibility index (Phi) is 9.53. The van der Waals surface area contributed by atoms with Crippen molar-refractivity contribution in [3.8, 4) is 5.75 Å². The molecule has 0 aliphatic carbocycles. The van der Waals surface area contributed by atoms with Crippen molar-refractivity contribution < 1.29 is 31.9 Å². The molecule has 3 aromatic carbocycles. The number of aromatic amines is 1. The molecule has 234 valence electrons. The zero-order chi connectivity index (χ0) is 32.1. The average Bonchev–Trinajstić information content (AvgIpc) is 3.64. The predicted molar refractivity (Wildman–Crippen MR) is 166 cm³/mol. The zero-order valence-electron chi connectivity index (χ0n) is 24.6. The van der Waals surface area contributed by atoms with E-state index in [1.165, 1.54) is 30.3 Å². The van der Waals surface area contributed by atoms with Crippen molar-refractivity contribution in [3.63, 3.8) is 0 Å². The minimum Gasteiger partial charge on any atom is -0.494 e. The van der Waals surface area contributed by atoms with Crippen LogP contribution in [0.25, 0.3) is 10.9 Å². The van der Waals surface area contributed by atoms with Crippen molar-refractivity contribution in [2.45, 2.75) is 46.0 Å². The highest BCUT2D eigenvalue weighted by Crippen LogP contribution is 2.32. The summed E-state index contributed by atoms with van der Waals surface area (Å²) >= 11 is 6.26. The predicted octanol–water partition coefficient (Wildman–Crippen LogP) is 7.92. The highest BCUT2D eigenvalue weighted by Gasteiger charge is 2.33. The average molecular weight is 638 g/mol. The number of fused-ring (bicyclic) bond motifs is 1. The molecule has 5 rings (SSSR count). The topological polar surface area (TPSA) is 96.4 Å². The molecular weight excluding hydrogens is 607 g/mol. The number of ether oxygens (including phenoxy) is 1. The van der Waals surface area contributed by atoms with Crippen LogP contribution in [0.3, 0.4) is 0 Å². The quantitative estimate of drug-likeness (QED) is 0.128. The molecule has 2 aromatic heterocycles. The van der Waals surface area contributed by atoms with E-state index in [-0.39, 0.29) is 30.3 Å². The fourth-order valence-electron chi connectivity index (χ4n) is 5.15. The van der Waals surface area contributed by atoms with Crippen LogP contribution in [0, 0.1) is 13.8 Å². The number of nitrogens with one attached hydrogen (secondary N) is 3. The van der Waals surface area contributed by atoms with Gasteiger partial charge in [-0.25, -0.2) is 0 Å². The van der Waals surface area contributed by atoms with Crippen LogP contribution in [-0.4, -0.2) is 23.4 Å². The largest absolute Gasteiger partial charge is 0.494 e. The second-order valence-electron chi connectivity index (χ2n) is 10.6. The molecule has 45 heavy (non-hydrogen) atoms. The standard InChI is InChI=1S/C34H31ClF3N3O4/c1-20-16-24(17-21(2)30(20)35)44-15-7-10-26-25-9-4-6-12-28(25)41-31(26)33(43)40-19-23-13-14-29(45-23)32(42)39-18-22-8-3-5-11-27(22)34(36,37)38/h3-6,8-9,11-14,16-17,41H,7,10,15,18-19H2,1-2H3,(H,39,42)(H,40,43). The number of hydrogen-bond acceptors (Lipinski definition) is 4. The summed E-state index contributed by atoms with van der Waals surface area (Å²) in [6.45, 7) is 3.98. The number of rotatable bonds is 11. The smallest absolute Gasteiger partial charge is 0.416 e. The molecule has 0 aliphatic rings. The van der Waals surface area contributed by atoms with Crippen molar-refractivity contribution in [2.75, 3.05) is 6.61 Å². The van der Waals surface area contributed by atoms with Gasteiger partial charge in [-0.05, 0) is 85.3 Å². The molecule has 3 N–H and O–H groups in total. The van der Waals surface area contributed by atoms with E-state index in [1.807, 2.05) is 50.2 Å². The van der Waals surface area contributed by atoms with Gasteiger partial charge in [-0.3, -0.25) is 9.59 Å². The van der Waals surface area contributed by atoms with Crippen molar-refractivity contribution in [1.29, 1.82) is 0 Å². The van der Waals surface area contributed by atoms with E-state index in [2.05, 4.69) is 15.6 Å². The van der Waals surface area contributed by atoms with Gasteiger partial charge in [0, 0.05) is 22.5 Å². The molecule has 0 spiro atoms. The number of aromatic nitrogens is 1. The third-order valence-corrected chi connectivity index (χ3v) is 7.96. The van der Waals surface area contributed by atoms with Crippen molar-refractivity contribution in [1.82, 2.24) is 15.6 Å². The number of carbonyl (C=O) groups excluding carboxylic acids is 2. The molecule has 7 nitrogen and oxygen atoms in total. The SMILES string of the molecule is Cc1cc(OCCCc2c(C(=O)NCc3ccc(C(=O)NCc4ccccc4C(F)(F)F)o3)[nH]c3ccccc23)cc(C)c1Cl. The summed E-state index contributed by atoms with van der Waals surface area (Å²) < 4.78 is 51.3. The second-order valence-corrected chi connectivity index (χ2v) is 11.0. The number of furan rings is 1. The number of para-hydroxylation sites is 1. The van der Waals surface area contributed by atoms with Crippen molar-refractivity contribution in [2.24, 2.45) is 0 Å². The minimum atomic E-state index is -4.54. The van der Waals surface area contributed by atoms with Crippen molar-refractivity contribution in [3.05, 3.63) is 123 Å². The molecule has 0 fully saturated rings. The highest BCUT2D eigenvalue weighted by molar-refractivity contribution is 6.32. The molecular formula is C34H31ClF3N3O4. The molecule has 0 unspecified atom stereocenters. The first kappa shape index (κ1) is 31.7. The maximum atomic E-state index is 13.3. The fraction of sp³-hybridized carbons (Fsp3) is 0.235. The summed E-state index contributed by atoms with van der Waals surface area (Å²) in [5.74, 6) is -0.0559. The summed E-state index contributed by atoms with van der Waals surface area (Å²) in [5.41, 5.74) is 3.11. The minimum absolute atomic E-state index is 0.00376. The van der Waals surface area contributed by atoms with Crippen LogP contribution in [0.4, 0.5) is 13.2 Å². The van der Waals surface area contributed by atoms with Crippen molar-refractivity contribution >= 4 is 34.3 Å². The Bertz CT molecular complexity index is 1820. The number of halogens is 4. The van der Waals surface area contributed by atoms with Gasteiger partial charge in [0.25, 0.3) is 11.8 Å². The third kappa shape index (κ3) is 7.51. The number of aryl methyl sites for hydroxylation is 3. The number of amides is 2. The van der Waals surface area contributed by atoms with E-state index in [0.29, 0.717) is 30.9 Å². The number of alkyl halides is 3. The van der Waals surface area contributed by atoms with Gasteiger partial charge >= 0.3 is 6.18 Å². The lowest BCUT2D eigenvalue weighted by Crippen LogP contribution is -2.25. The van der Waals surface area contributed by atoms with E-state index in [4.69, 9.17) is 20.8 Å². The summed E-state index contributed by atoms with van der Waals surface area (Å²) in [5, 5.41) is 6.93. The van der Waals surface area contributed by atoms with Crippen LogP contribution >= 0.6 is 11.6 Å². The first-order chi connectivity index (χ1) is 21.5. The lowest BCUT2D eigenvalue weighted by atomic mass is 10.1. The lowest BCUT2D eigenvalue weighted by Gasteiger charge is -2.12. The van der Waals surface area contributed by atoms with E-state index < -0.39 is 17.6 Å². The lowest BCUT2D eigenvalue weighted by molar-refractivity contribution is -0.138. The van der Waals surface area contributed by atoms with Gasteiger partial charge in [-0.1, -0.05) is 48.0 Å². The van der Waals surface area contributed by atoms with Crippen LogP contribution in [0.5, 0.6) is 5.75 Å². The van der Waals surface area contributed by atoms with Gasteiger partial charge in [0.05, 0.1) is 18.7 Å². The van der Waals surface area contributed by atoms with Crippen LogP contribution in [0.2, 0.25) is 5.02 Å². The Morgan fingerprint density at radius 1 is 0.911 bits per heavy atom. The van der Waals surface area contributed by atoms with E-state index in [0.717, 1.165) is 44.4 Å². The molecule has 0 bridgehead atoms. The van der Waals surface area contributed by atoms with Gasteiger partial charge in [-0.15, -0.1) is 0 Å². The first-order valence-electron chi connectivity index (χ1n) is 14.3.